The van der Waals surface area contributed by atoms with Gasteiger partial charge in [-0.05, 0) is 19.8 Å². The Labute approximate surface area is 114 Å². The number of carbonyl (C=O) groups excluding carboxylic acids is 2. The molecule has 0 radical (unpaired) electrons. The number of carbonyl (C=O) groups is 2. The minimum atomic E-state index is -0.153. The molecular formula is C13H24N4O2. The molecule has 0 aromatic rings. The van der Waals surface area contributed by atoms with Gasteiger partial charge in [-0.2, -0.15) is 0 Å². The average molecular weight is 268 g/mol. The van der Waals surface area contributed by atoms with Gasteiger partial charge in [0.1, 0.15) is 0 Å². The lowest BCUT2D eigenvalue weighted by Crippen LogP contribution is -2.60. The second-order valence-corrected chi connectivity index (χ2v) is 5.51. The first-order valence-corrected chi connectivity index (χ1v) is 7.09. The molecule has 3 N–H and O–H groups in total. The van der Waals surface area contributed by atoms with Crippen molar-refractivity contribution in [3.05, 3.63) is 0 Å². The van der Waals surface area contributed by atoms with Crippen LogP contribution in [0.15, 0.2) is 0 Å². The molecule has 6 heteroatoms. The fourth-order valence-corrected chi connectivity index (χ4v) is 2.77. The summed E-state index contributed by atoms with van der Waals surface area (Å²) in [6.45, 7) is 4.88. The highest BCUT2D eigenvalue weighted by atomic mass is 16.2. The standard InChI is InChI=1S/C13H24N4O2/c1-9-6-16-11(7-15-9)13(19)17-5-3-4-10(8-17)12(18)14-2/h9-11,15-16H,3-8H2,1-2H3,(H,14,18). The van der Waals surface area contributed by atoms with E-state index in [4.69, 9.17) is 0 Å². The molecule has 3 atom stereocenters. The maximum atomic E-state index is 12.4. The predicted octanol–water partition coefficient (Wildman–Crippen LogP) is -1.08. The second-order valence-electron chi connectivity index (χ2n) is 5.51. The Balaban J connectivity index is 1.90. The van der Waals surface area contributed by atoms with Crippen molar-refractivity contribution in [3.8, 4) is 0 Å². The second kappa shape index (κ2) is 6.34. The molecule has 19 heavy (non-hydrogen) atoms. The third-order valence-electron chi connectivity index (χ3n) is 3.99. The molecular weight excluding hydrogens is 244 g/mol. The van der Waals surface area contributed by atoms with Crippen LogP contribution in [0, 0.1) is 5.92 Å². The van der Waals surface area contributed by atoms with E-state index in [2.05, 4.69) is 22.9 Å². The van der Waals surface area contributed by atoms with Crippen molar-refractivity contribution in [2.24, 2.45) is 5.92 Å². The van der Waals surface area contributed by atoms with Crippen LogP contribution in [0.4, 0.5) is 0 Å². The minimum absolute atomic E-state index is 0.0425. The van der Waals surface area contributed by atoms with E-state index < -0.39 is 0 Å². The van der Waals surface area contributed by atoms with Gasteiger partial charge < -0.3 is 20.9 Å². The molecule has 108 valence electrons. The highest BCUT2D eigenvalue weighted by molar-refractivity contribution is 5.84. The third-order valence-corrected chi connectivity index (χ3v) is 3.99. The zero-order valence-corrected chi connectivity index (χ0v) is 11.7. The molecule has 2 heterocycles. The van der Waals surface area contributed by atoms with Crippen LogP contribution in [-0.2, 0) is 9.59 Å². The highest BCUT2D eigenvalue weighted by Gasteiger charge is 2.32. The lowest BCUT2D eigenvalue weighted by atomic mass is 9.96. The van der Waals surface area contributed by atoms with Crippen LogP contribution >= 0.6 is 0 Å². The van der Waals surface area contributed by atoms with Gasteiger partial charge in [-0.3, -0.25) is 9.59 Å². The molecule has 6 nitrogen and oxygen atoms in total. The van der Waals surface area contributed by atoms with Crippen LogP contribution in [0.5, 0.6) is 0 Å². The number of hydrogen-bond donors (Lipinski definition) is 3. The Morgan fingerprint density at radius 1 is 1.26 bits per heavy atom. The van der Waals surface area contributed by atoms with Crippen LogP contribution in [0.2, 0.25) is 0 Å². The summed E-state index contributed by atoms with van der Waals surface area (Å²) < 4.78 is 0. The van der Waals surface area contributed by atoms with E-state index in [1.165, 1.54) is 0 Å². The fourth-order valence-electron chi connectivity index (χ4n) is 2.77. The Kier molecular flexibility index (Phi) is 4.76. The first kappa shape index (κ1) is 14.3. The number of nitrogens with zero attached hydrogens (tertiary/aromatic N) is 1. The van der Waals surface area contributed by atoms with Gasteiger partial charge in [0.05, 0.1) is 12.0 Å². The number of piperidine rings is 1. The summed E-state index contributed by atoms with van der Waals surface area (Å²) in [7, 11) is 1.65. The third kappa shape index (κ3) is 3.45. The van der Waals surface area contributed by atoms with Crippen LogP contribution < -0.4 is 16.0 Å². The molecule has 0 aromatic carbocycles. The first-order valence-electron chi connectivity index (χ1n) is 7.09. The van der Waals surface area contributed by atoms with Crippen molar-refractivity contribution >= 4 is 11.8 Å². The van der Waals surface area contributed by atoms with Gasteiger partial charge in [0.2, 0.25) is 11.8 Å². The molecule has 0 bridgehead atoms. The zero-order chi connectivity index (χ0) is 13.8. The fraction of sp³-hybridized carbons (Fsp3) is 0.846. The van der Waals surface area contributed by atoms with E-state index in [0.717, 1.165) is 25.9 Å². The molecule has 2 fully saturated rings. The minimum Gasteiger partial charge on any atom is -0.359 e. The van der Waals surface area contributed by atoms with Crippen molar-refractivity contribution in [3.63, 3.8) is 0 Å². The van der Waals surface area contributed by atoms with Crippen LogP contribution in [0.1, 0.15) is 19.8 Å². The maximum absolute atomic E-state index is 12.4. The smallest absolute Gasteiger partial charge is 0.241 e. The molecule has 2 aliphatic rings. The largest absolute Gasteiger partial charge is 0.359 e. The lowest BCUT2D eigenvalue weighted by Gasteiger charge is -2.36. The molecule has 0 aliphatic carbocycles. The number of nitrogens with one attached hydrogen (secondary N) is 3. The van der Waals surface area contributed by atoms with Gasteiger partial charge in [-0.25, -0.2) is 0 Å². The van der Waals surface area contributed by atoms with Crippen molar-refractivity contribution in [2.75, 3.05) is 33.2 Å². The Morgan fingerprint density at radius 3 is 2.68 bits per heavy atom. The summed E-state index contributed by atoms with van der Waals surface area (Å²) in [5.41, 5.74) is 0. The summed E-state index contributed by atoms with van der Waals surface area (Å²) in [5.74, 6) is 0.104. The van der Waals surface area contributed by atoms with E-state index in [1.807, 2.05) is 4.90 Å². The van der Waals surface area contributed by atoms with Gasteiger partial charge in [0.25, 0.3) is 0 Å². The molecule has 0 saturated carbocycles. The summed E-state index contributed by atoms with van der Waals surface area (Å²) in [6.07, 6.45) is 1.78. The highest BCUT2D eigenvalue weighted by Crippen LogP contribution is 2.17. The monoisotopic (exact) mass is 268 g/mol. The molecule has 2 rings (SSSR count). The average Bonchev–Trinajstić information content (AvgIpc) is 2.46. The van der Waals surface area contributed by atoms with E-state index in [1.54, 1.807) is 7.05 Å². The van der Waals surface area contributed by atoms with Gasteiger partial charge >= 0.3 is 0 Å². The molecule has 0 aromatic heterocycles. The maximum Gasteiger partial charge on any atom is 0.241 e. The van der Waals surface area contributed by atoms with Crippen LogP contribution in [0.3, 0.4) is 0 Å². The van der Waals surface area contributed by atoms with E-state index in [0.29, 0.717) is 19.1 Å². The number of likely N-dealkylation sites (tertiary alicyclic amines) is 1. The normalized spacial score (nSPS) is 31.9. The molecule has 3 unspecified atom stereocenters. The number of piperazine rings is 1. The lowest BCUT2D eigenvalue weighted by molar-refractivity contribution is -0.137. The van der Waals surface area contributed by atoms with Crippen LogP contribution in [-0.4, -0.2) is 62.0 Å². The topological polar surface area (TPSA) is 73.5 Å². The van der Waals surface area contributed by atoms with Gasteiger partial charge in [0.15, 0.2) is 0 Å². The van der Waals surface area contributed by atoms with Crippen LogP contribution in [0.25, 0.3) is 0 Å². The van der Waals surface area contributed by atoms with E-state index in [-0.39, 0.29) is 23.8 Å². The van der Waals surface area contributed by atoms with Crippen molar-refractivity contribution in [2.45, 2.75) is 31.8 Å². The number of rotatable bonds is 2. The van der Waals surface area contributed by atoms with Crippen molar-refractivity contribution in [1.82, 2.24) is 20.9 Å². The van der Waals surface area contributed by atoms with E-state index >= 15 is 0 Å². The Bertz CT molecular complexity index is 340. The molecule has 2 saturated heterocycles. The van der Waals surface area contributed by atoms with E-state index in [9.17, 15) is 9.59 Å². The van der Waals surface area contributed by atoms with Crippen molar-refractivity contribution in [1.29, 1.82) is 0 Å². The summed E-state index contributed by atoms with van der Waals surface area (Å²) in [4.78, 5) is 25.9. The van der Waals surface area contributed by atoms with Gasteiger partial charge in [-0.1, -0.05) is 0 Å². The summed E-state index contributed by atoms with van der Waals surface area (Å²) in [5, 5.41) is 9.25. The zero-order valence-electron chi connectivity index (χ0n) is 11.7. The summed E-state index contributed by atoms with van der Waals surface area (Å²) >= 11 is 0. The Morgan fingerprint density at radius 2 is 2.05 bits per heavy atom. The van der Waals surface area contributed by atoms with Gasteiger partial charge in [-0.15, -0.1) is 0 Å². The first-order chi connectivity index (χ1) is 9.11. The molecule has 2 amide bonds. The summed E-state index contributed by atoms with van der Waals surface area (Å²) in [6, 6.07) is 0.253. The van der Waals surface area contributed by atoms with Gasteiger partial charge in [0, 0.05) is 39.3 Å². The predicted molar refractivity (Wildman–Crippen MR) is 72.6 cm³/mol. The number of amides is 2. The molecule has 2 aliphatic heterocycles. The quantitative estimate of drug-likeness (QED) is 0.596. The number of hydrogen-bond acceptors (Lipinski definition) is 4. The Hall–Kier alpha value is -1.14. The molecule has 0 spiro atoms. The van der Waals surface area contributed by atoms with Crippen molar-refractivity contribution < 1.29 is 9.59 Å². The SMILES string of the molecule is CNC(=O)C1CCCN(C(=O)C2CNC(C)CN2)C1.